The van der Waals surface area contributed by atoms with Gasteiger partial charge in [0.25, 0.3) is 0 Å². The second kappa shape index (κ2) is 10.4. The first-order chi connectivity index (χ1) is 12.6. The molecule has 0 radical (unpaired) electrons. The fourth-order valence-corrected chi connectivity index (χ4v) is 2.30. The summed E-state index contributed by atoms with van der Waals surface area (Å²) in [4.78, 5) is 22.0. The predicted octanol–water partition coefficient (Wildman–Crippen LogP) is 1.38. The van der Waals surface area contributed by atoms with E-state index < -0.39 is 0 Å². The lowest BCUT2D eigenvalue weighted by molar-refractivity contribution is -0.129. The number of aliphatic imine (C=N–C) groups is 1. The Kier molecular flexibility index (Phi) is 7.85. The van der Waals surface area contributed by atoms with Crippen molar-refractivity contribution in [3.05, 3.63) is 65.2 Å². The fraction of sp³-hybridized carbons (Fsp3) is 0.316. The number of pyridine rings is 1. The molecule has 0 saturated heterocycles. The third kappa shape index (κ3) is 6.34. The Morgan fingerprint density at radius 1 is 1.38 bits per heavy atom. The standard InChI is InChI=1S/C19H23FN4O2/c1-24(14-16-4-2-3-5-18(16)20)19(26)13-22-12-17-10-15(6-7-23-17)11-21-8-9-25/h2-7,10-11,22,25H,8-9,12-14H2,1H3. The third-order valence-electron chi connectivity index (χ3n) is 3.68. The first-order valence-corrected chi connectivity index (χ1v) is 8.34. The number of nitrogens with zero attached hydrogens (tertiary/aromatic N) is 3. The van der Waals surface area contributed by atoms with Gasteiger partial charge >= 0.3 is 0 Å². The molecule has 2 rings (SSSR count). The highest BCUT2D eigenvalue weighted by Crippen LogP contribution is 2.08. The van der Waals surface area contributed by atoms with Crippen molar-refractivity contribution < 1.29 is 14.3 Å². The van der Waals surface area contributed by atoms with Crippen molar-refractivity contribution in [2.24, 2.45) is 4.99 Å². The number of hydrogen-bond donors (Lipinski definition) is 2. The van der Waals surface area contributed by atoms with Gasteiger partial charge in [0.15, 0.2) is 0 Å². The van der Waals surface area contributed by atoms with Crippen molar-refractivity contribution in [2.75, 3.05) is 26.7 Å². The number of aliphatic hydroxyl groups excluding tert-OH is 1. The van der Waals surface area contributed by atoms with E-state index in [0.717, 1.165) is 11.3 Å². The summed E-state index contributed by atoms with van der Waals surface area (Å²) < 4.78 is 13.6. The Morgan fingerprint density at radius 2 is 2.19 bits per heavy atom. The molecular formula is C19H23FN4O2. The summed E-state index contributed by atoms with van der Waals surface area (Å²) in [6, 6.07) is 10.1. The second-order valence-corrected chi connectivity index (χ2v) is 5.78. The van der Waals surface area contributed by atoms with Gasteiger partial charge in [-0.15, -0.1) is 0 Å². The molecule has 2 N–H and O–H groups in total. The van der Waals surface area contributed by atoms with Gasteiger partial charge < -0.3 is 15.3 Å². The van der Waals surface area contributed by atoms with Gasteiger partial charge in [0.2, 0.25) is 5.91 Å². The smallest absolute Gasteiger partial charge is 0.236 e. The van der Waals surface area contributed by atoms with Gasteiger partial charge in [0, 0.05) is 38.1 Å². The zero-order valence-corrected chi connectivity index (χ0v) is 14.7. The number of aromatic nitrogens is 1. The maximum Gasteiger partial charge on any atom is 0.236 e. The molecule has 1 aromatic heterocycles. The molecule has 0 aliphatic carbocycles. The highest BCUT2D eigenvalue weighted by molar-refractivity contribution is 5.79. The van der Waals surface area contributed by atoms with Crippen LogP contribution in [0.25, 0.3) is 0 Å². The van der Waals surface area contributed by atoms with Crippen molar-refractivity contribution in [2.45, 2.75) is 13.1 Å². The number of amides is 1. The van der Waals surface area contributed by atoms with Crippen LogP contribution in [0.1, 0.15) is 16.8 Å². The van der Waals surface area contributed by atoms with Crippen LogP contribution in [-0.4, -0.2) is 53.9 Å². The van der Waals surface area contributed by atoms with Crippen LogP contribution >= 0.6 is 0 Å². The van der Waals surface area contributed by atoms with E-state index in [1.807, 2.05) is 12.1 Å². The summed E-state index contributed by atoms with van der Waals surface area (Å²) in [7, 11) is 1.65. The van der Waals surface area contributed by atoms with E-state index in [1.165, 1.54) is 11.0 Å². The monoisotopic (exact) mass is 358 g/mol. The quantitative estimate of drug-likeness (QED) is 0.664. The van der Waals surface area contributed by atoms with Crippen LogP contribution in [0.3, 0.4) is 0 Å². The molecule has 0 saturated carbocycles. The Balaban J connectivity index is 1.80. The topological polar surface area (TPSA) is 77.8 Å². The van der Waals surface area contributed by atoms with E-state index >= 15 is 0 Å². The molecule has 0 aliphatic heterocycles. The van der Waals surface area contributed by atoms with Gasteiger partial charge in [-0.2, -0.15) is 0 Å². The summed E-state index contributed by atoms with van der Waals surface area (Å²) >= 11 is 0. The molecule has 138 valence electrons. The molecule has 0 atom stereocenters. The largest absolute Gasteiger partial charge is 0.394 e. The molecule has 0 unspecified atom stereocenters. The first kappa shape index (κ1) is 19.7. The number of nitrogens with one attached hydrogen (secondary N) is 1. The molecule has 26 heavy (non-hydrogen) atoms. The maximum absolute atomic E-state index is 13.6. The van der Waals surface area contributed by atoms with E-state index in [4.69, 9.17) is 5.11 Å². The molecule has 2 aromatic rings. The summed E-state index contributed by atoms with van der Waals surface area (Å²) in [6.07, 6.45) is 3.35. The minimum Gasteiger partial charge on any atom is -0.394 e. The zero-order valence-electron chi connectivity index (χ0n) is 14.7. The van der Waals surface area contributed by atoms with Crippen LogP contribution in [-0.2, 0) is 17.9 Å². The van der Waals surface area contributed by atoms with Crippen LogP contribution in [0.15, 0.2) is 47.6 Å². The van der Waals surface area contributed by atoms with Crippen LogP contribution < -0.4 is 5.32 Å². The van der Waals surface area contributed by atoms with Crippen molar-refractivity contribution in [3.63, 3.8) is 0 Å². The molecule has 1 heterocycles. The maximum atomic E-state index is 13.6. The minimum absolute atomic E-state index is 0.0124. The van der Waals surface area contributed by atoms with E-state index in [0.29, 0.717) is 18.7 Å². The highest BCUT2D eigenvalue weighted by atomic mass is 19.1. The molecular weight excluding hydrogens is 335 g/mol. The van der Waals surface area contributed by atoms with E-state index in [2.05, 4.69) is 15.3 Å². The van der Waals surface area contributed by atoms with Crippen molar-refractivity contribution in [1.29, 1.82) is 0 Å². The van der Waals surface area contributed by atoms with E-state index in [-0.39, 0.29) is 31.4 Å². The normalized spacial score (nSPS) is 11.0. The van der Waals surface area contributed by atoms with Crippen LogP contribution in [0.5, 0.6) is 0 Å². The minimum atomic E-state index is -0.316. The number of benzene rings is 1. The Labute approximate surface area is 152 Å². The summed E-state index contributed by atoms with van der Waals surface area (Å²) in [5.41, 5.74) is 2.15. The molecule has 7 heteroatoms. The molecule has 0 bridgehead atoms. The van der Waals surface area contributed by atoms with Gasteiger partial charge in [-0.1, -0.05) is 18.2 Å². The van der Waals surface area contributed by atoms with Crippen molar-refractivity contribution in [3.8, 4) is 0 Å². The SMILES string of the molecule is CN(Cc1ccccc1F)C(=O)CNCc1cc(C=NCCO)ccn1. The summed E-state index contributed by atoms with van der Waals surface area (Å²) in [5, 5.41) is 11.8. The highest BCUT2D eigenvalue weighted by Gasteiger charge is 2.11. The van der Waals surface area contributed by atoms with Gasteiger partial charge in [-0.05, 0) is 23.8 Å². The van der Waals surface area contributed by atoms with Gasteiger partial charge in [-0.25, -0.2) is 4.39 Å². The van der Waals surface area contributed by atoms with Crippen molar-refractivity contribution >= 4 is 12.1 Å². The number of aliphatic hydroxyl groups is 1. The molecule has 1 amide bonds. The molecule has 0 fully saturated rings. The lowest BCUT2D eigenvalue weighted by Crippen LogP contribution is -2.35. The average Bonchev–Trinajstić information content (AvgIpc) is 2.64. The van der Waals surface area contributed by atoms with Gasteiger partial charge in [0.1, 0.15) is 5.82 Å². The number of halogens is 1. The summed E-state index contributed by atoms with van der Waals surface area (Å²) in [6.45, 7) is 1.16. The number of carbonyl (C=O) groups excluding carboxylic acids is 1. The Hall–Kier alpha value is -2.64. The third-order valence-corrected chi connectivity index (χ3v) is 3.68. The van der Waals surface area contributed by atoms with Gasteiger partial charge in [-0.3, -0.25) is 14.8 Å². The molecule has 6 nitrogen and oxygen atoms in total. The van der Waals surface area contributed by atoms with E-state index in [9.17, 15) is 9.18 Å². The van der Waals surface area contributed by atoms with E-state index in [1.54, 1.807) is 37.7 Å². The lowest BCUT2D eigenvalue weighted by atomic mass is 10.2. The Morgan fingerprint density at radius 3 is 2.96 bits per heavy atom. The van der Waals surface area contributed by atoms with Crippen LogP contribution in [0.2, 0.25) is 0 Å². The second-order valence-electron chi connectivity index (χ2n) is 5.78. The molecule has 0 spiro atoms. The lowest BCUT2D eigenvalue weighted by Gasteiger charge is -2.18. The summed E-state index contributed by atoms with van der Waals surface area (Å²) in [5.74, 6) is -0.446. The first-order valence-electron chi connectivity index (χ1n) is 8.34. The predicted molar refractivity (Wildman–Crippen MR) is 98.4 cm³/mol. The fourth-order valence-electron chi connectivity index (χ4n) is 2.30. The number of rotatable bonds is 9. The van der Waals surface area contributed by atoms with Gasteiger partial charge in [0.05, 0.1) is 25.4 Å². The van der Waals surface area contributed by atoms with Crippen LogP contribution in [0, 0.1) is 5.82 Å². The molecule has 1 aromatic carbocycles. The van der Waals surface area contributed by atoms with Crippen molar-refractivity contribution in [1.82, 2.24) is 15.2 Å². The Bertz CT molecular complexity index is 752. The number of likely N-dealkylation sites (N-methyl/N-ethyl adjacent to an activating group) is 1. The number of hydrogen-bond acceptors (Lipinski definition) is 5. The average molecular weight is 358 g/mol. The zero-order chi connectivity index (χ0) is 18.8. The van der Waals surface area contributed by atoms with Crippen LogP contribution in [0.4, 0.5) is 4.39 Å². The number of carbonyl (C=O) groups is 1. The molecule has 0 aliphatic rings.